The van der Waals surface area contributed by atoms with Gasteiger partial charge in [0.05, 0.1) is 4.92 Å². The molecule has 6 heteroatoms. The third-order valence-electron chi connectivity index (χ3n) is 3.47. The van der Waals surface area contributed by atoms with Crippen molar-refractivity contribution in [1.82, 2.24) is 4.90 Å². The normalized spacial score (nSPS) is 20.0. The standard InChI is InChI=1S/C13H20N4O2/c1-14-11-6-3-7-12(13(11)17(18)19)15-10-5-4-8-16(2)9-10/h3,6-7,10,14-15H,4-5,8-9H2,1-2H3. The first kappa shape index (κ1) is 13.6. The molecule has 19 heavy (non-hydrogen) atoms. The molecule has 0 aliphatic carbocycles. The van der Waals surface area contributed by atoms with Crippen LogP contribution in [-0.2, 0) is 0 Å². The predicted octanol–water partition coefficient (Wildman–Crippen LogP) is 2.14. The summed E-state index contributed by atoms with van der Waals surface area (Å²) in [6.45, 7) is 2.01. The maximum absolute atomic E-state index is 11.2. The van der Waals surface area contributed by atoms with Crippen molar-refractivity contribution < 1.29 is 4.92 Å². The molecular formula is C13H20N4O2. The number of hydrogen-bond acceptors (Lipinski definition) is 5. The van der Waals surface area contributed by atoms with E-state index in [2.05, 4.69) is 22.6 Å². The topological polar surface area (TPSA) is 70.4 Å². The zero-order chi connectivity index (χ0) is 13.8. The zero-order valence-electron chi connectivity index (χ0n) is 11.3. The van der Waals surface area contributed by atoms with Crippen LogP contribution in [0.5, 0.6) is 0 Å². The molecule has 1 fully saturated rings. The Balaban J connectivity index is 2.21. The van der Waals surface area contributed by atoms with Crippen molar-refractivity contribution in [3.63, 3.8) is 0 Å². The summed E-state index contributed by atoms with van der Waals surface area (Å²) in [5.74, 6) is 0. The third kappa shape index (κ3) is 3.14. The number of nitro benzene ring substituents is 1. The van der Waals surface area contributed by atoms with Gasteiger partial charge in [-0.1, -0.05) is 6.07 Å². The molecule has 1 aliphatic heterocycles. The van der Waals surface area contributed by atoms with Gasteiger partial charge in [-0.2, -0.15) is 0 Å². The van der Waals surface area contributed by atoms with Crippen LogP contribution in [0.25, 0.3) is 0 Å². The lowest BCUT2D eigenvalue weighted by Gasteiger charge is -2.30. The summed E-state index contributed by atoms with van der Waals surface area (Å²) in [6, 6.07) is 5.59. The van der Waals surface area contributed by atoms with Crippen LogP contribution in [0.3, 0.4) is 0 Å². The Morgan fingerprint density at radius 2 is 2.16 bits per heavy atom. The second-order valence-electron chi connectivity index (χ2n) is 4.95. The molecule has 0 saturated carbocycles. The fourth-order valence-corrected chi connectivity index (χ4v) is 2.56. The van der Waals surface area contributed by atoms with Crippen molar-refractivity contribution in [3.05, 3.63) is 28.3 Å². The number of benzene rings is 1. The number of piperidine rings is 1. The summed E-state index contributed by atoms with van der Waals surface area (Å²) in [5.41, 5.74) is 1.26. The minimum Gasteiger partial charge on any atom is -0.382 e. The van der Waals surface area contributed by atoms with E-state index in [1.807, 2.05) is 6.07 Å². The lowest BCUT2D eigenvalue weighted by molar-refractivity contribution is -0.383. The third-order valence-corrected chi connectivity index (χ3v) is 3.47. The fourth-order valence-electron chi connectivity index (χ4n) is 2.56. The molecule has 0 bridgehead atoms. The molecule has 1 unspecified atom stereocenters. The number of likely N-dealkylation sites (tertiary alicyclic amines) is 1. The van der Waals surface area contributed by atoms with Gasteiger partial charge in [0.2, 0.25) is 0 Å². The van der Waals surface area contributed by atoms with Crippen molar-refractivity contribution in [2.75, 3.05) is 37.8 Å². The largest absolute Gasteiger partial charge is 0.382 e. The minimum absolute atomic E-state index is 0.123. The van der Waals surface area contributed by atoms with Gasteiger partial charge >= 0.3 is 5.69 Å². The highest BCUT2D eigenvalue weighted by Gasteiger charge is 2.23. The number of hydrogen-bond donors (Lipinski definition) is 2. The summed E-state index contributed by atoms with van der Waals surface area (Å²) in [6.07, 6.45) is 2.17. The molecule has 0 radical (unpaired) electrons. The van der Waals surface area contributed by atoms with Crippen LogP contribution in [-0.4, -0.2) is 43.0 Å². The molecule has 1 aromatic carbocycles. The van der Waals surface area contributed by atoms with E-state index in [4.69, 9.17) is 0 Å². The van der Waals surface area contributed by atoms with Crippen molar-refractivity contribution >= 4 is 17.1 Å². The molecule has 104 valence electrons. The first-order chi connectivity index (χ1) is 9.11. The van der Waals surface area contributed by atoms with Gasteiger partial charge in [-0.15, -0.1) is 0 Å². The lowest BCUT2D eigenvalue weighted by atomic mass is 10.1. The smallest absolute Gasteiger partial charge is 0.315 e. The number of nitro groups is 1. The molecule has 0 amide bonds. The summed E-state index contributed by atoms with van der Waals surface area (Å²) in [5, 5.41) is 17.4. The maximum atomic E-state index is 11.2. The van der Waals surface area contributed by atoms with Gasteiger partial charge in [-0.3, -0.25) is 10.1 Å². The SMILES string of the molecule is CNc1cccc(NC2CCCN(C)C2)c1[N+](=O)[O-]. The maximum Gasteiger partial charge on any atom is 0.315 e. The van der Waals surface area contributed by atoms with Crippen LogP contribution in [0.2, 0.25) is 0 Å². The minimum atomic E-state index is -0.333. The average molecular weight is 264 g/mol. The molecular weight excluding hydrogens is 244 g/mol. The Hall–Kier alpha value is -1.82. The Kier molecular flexibility index (Phi) is 4.21. The second-order valence-corrected chi connectivity index (χ2v) is 4.95. The van der Waals surface area contributed by atoms with E-state index < -0.39 is 0 Å². The number of para-hydroxylation sites is 1. The molecule has 2 N–H and O–H groups in total. The van der Waals surface area contributed by atoms with Crippen LogP contribution in [0, 0.1) is 10.1 Å². The second kappa shape index (κ2) is 5.88. The Morgan fingerprint density at radius 3 is 2.79 bits per heavy atom. The van der Waals surface area contributed by atoms with Crippen LogP contribution >= 0.6 is 0 Å². The average Bonchev–Trinajstić information content (AvgIpc) is 2.38. The van der Waals surface area contributed by atoms with Gasteiger partial charge in [0.15, 0.2) is 0 Å². The van der Waals surface area contributed by atoms with Gasteiger partial charge in [0, 0.05) is 19.6 Å². The molecule has 2 rings (SSSR count). The van der Waals surface area contributed by atoms with Crippen LogP contribution in [0.15, 0.2) is 18.2 Å². The van der Waals surface area contributed by atoms with Crippen LogP contribution in [0.1, 0.15) is 12.8 Å². The monoisotopic (exact) mass is 264 g/mol. The van der Waals surface area contributed by atoms with Gasteiger partial charge in [0.1, 0.15) is 11.4 Å². The molecule has 0 spiro atoms. The Bertz CT molecular complexity index is 464. The number of likely N-dealkylation sites (N-methyl/N-ethyl adjacent to an activating group) is 1. The molecule has 1 heterocycles. The first-order valence-corrected chi connectivity index (χ1v) is 6.52. The molecule has 0 aromatic heterocycles. The van der Waals surface area contributed by atoms with Crippen molar-refractivity contribution in [1.29, 1.82) is 0 Å². The molecule has 6 nitrogen and oxygen atoms in total. The first-order valence-electron chi connectivity index (χ1n) is 6.52. The molecule has 1 atom stereocenters. The summed E-state index contributed by atoms with van der Waals surface area (Å²) >= 11 is 0. The van der Waals surface area contributed by atoms with Crippen molar-refractivity contribution in [3.8, 4) is 0 Å². The number of nitrogens with one attached hydrogen (secondary N) is 2. The van der Waals surface area contributed by atoms with E-state index in [0.29, 0.717) is 11.4 Å². The van der Waals surface area contributed by atoms with Gasteiger partial charge in [0.25, 0.3) is 0 Å². The van der Waals surface area contributed by atoms with Crippen LogP contribution in [0.4, 0.5) is 17.1 Å². The highest BCUT2D eigenvalue weighted by molar-refractivity contribution is 5.76. The van der Waals surface area contributed by atoms with E-state index in [1.165, 1.54) is 0 Å². The van der Waals surface area contributed by atoms with E-state index in [9.17, 15) is 10.1 Å². The summed E-state index contributed by atoms with van der Waals surface area (Å²) in [4.78, 5) is 13.1. The highest BCUT2D eigenvalue weighted by Crippen LogP contribution is 2.33. The Labute approximate surface area is 112 Å². The quantitative estimate of drug-likeness (QED) is 0.644. The Morgan fingerprint density at radius 1 is 1.42 bits per heavy atom. The molecule has 1 saturated heterocycles. The van der Waals surface area contributed by atoms with Crippen LogP contribution < -0.4 is 10.6 Å². The van der Waals surface area contributed by atoms with E-state index in [-0.39, 0.29) is 16.7 Å². The number of rotatable bonds is 4. The summed E-state index contributed by atoms with van der Waals surface area (Å²) < 4.78 is 0. The predicted molar refractivity (Wildman–Crippen MR) is 76.8 cm³/mol. The fraction of sp³-hybridized carbons (Fsp3) is 0.538. The number of anilines is 2. The van der Waals surface area contributed by atoms with Gasteiger partial charge in [-0.25, -0.2) is 0 Å². The number of nitrogens with zero attached hydrogens (tertiary/aromatic N) is 2. The van der Waals surface area contributed by atoms with E-state index in [1.54, 1.807) is 19.2 Å². The van der Waals surface area contributed by atoms with E-state index in [0.717, 1.165) is 25.9 Å². The molecule has 1 aromatic rings. The van der Waals surface area contributed by atoms with Crippen molar-refractivity contribution in [2.45, 2.75) is 18.9 Å². The highest BCUT2D eigenvalue weighted by atomic mass is 16.6. The van der Waals surface area contributed by atoms with E-state index >= 15 is 0 Å². The van der Waals surface area contributed by atoms with Gasteiger partial charge in [-0.05, 0) is 38.6 Å². The summed E-state index contributed by atoms with van der Waals surface area (Å²) in [7, 11) is 3.77. The lowest BCUT2D eigenvalue weighted by Crippen LogP contribution is -2.39. The van der Waals surface area contributed by atoms with Gasteiger partial charge < -0.3 is 15.5 Å². The zero-order valence-corrected chi connectivity index (χ0v) is 11.3. The molecule has 1 aliphatic rings. The van der Waals surface area contributed by atoms with Crippen molar-refractivity contribution in [2.24, 2.45) is 0 Å².